The Morgan fingerprint density at radius 1 is 1.09 bits per heavy atom. The van der Waals surface area contributed by atoms with Gasteiger partial charge in [0.1, 0.15) is 17.2 Å². The summed E-state index contributed by atoms with van der Waals surface area (Å²) in [5.41, 5.74) is 0.259. The summed E-state index contributed by atoms with van der Waals surface area (Å²) in [5, 5.41) is 0.384. The van der Waals surface area contributed by atoms with Gasteiger partial charge in [-0.1, -0.05) is 6.92 Å². The van der Waals surface area contributed by atoms with Crippen LogP contribution in [0.4, 0.5) is 14.5 Å². The summed E-state index contributed by atoms with van der Waals surface area (Å²) in [6.07, 6.45) is 6.21. The zero-order valence-corrected chi connectivity index (χ0v) is 18.9. The van der Waals surface area contributed by atoms with Gasteiger partial charge in [-0.25, -0.2) is 32.2 Å². The van der Waals surface area contributed by atoms with E-state index in [0.29, 0.717) is 22.2 Å². The van der Waals surface area contributed by atoms with Crippen molar-refractivity contribution in [3.63, 3.8) is 0 Å². The highest BCUT2D eigenvalue weighted by Gasteiger charge is 2.25. The number of aromatic nitrogens is 4. The second-order valence-corrected chi connectivity index (χ2v) is 9.16. The van der Waals surface area contributed by atoms with Crippen LogP contribution in [0.25, 0.3) is 22.2 Å². The normalized spacial score (nSPS) is 11.5. The molecule has 1 aromatic carbocycles. The number of ether oxygens (including phenoxy) is 1. The van der Waals surface area contributed by atoms with E-state index in [2.05, 4.69) is 19.9 Å². The number of ketones is 1. The van der Waals surface area contributed by atoms with Crippen molar-refractivity contribution in [3.8, 4) is 17.1 Å². The van der Waals surface area contributed by atoms with Crippen LogP contribution in [0.2, 0.25) is 0 Å². The molecule has 176 valence electrons. The number of rotatable bonds is 8. The fourth-order valence-electron chi connectivity index (χ4n) is 3.36. The minimum Gasteiger partial charge on any atom is -0.467 e. The number of sulfonamides is 1. The van der Waals surface area contributed by atoms with Gasteiger partial charge in [-0.15, -0.1) is 0 Å². The molecule has 0 aliphatic carbocycles. The van der Waals surface area contributed by atoms with E-state index in [4.69, 9.17) is 4.74 Å². The van der Waals surface area contributed by atoms with Crippen molar-refractivity contribution < 1.29 is 26.7 Å². The molecule has 0 saturated carbocycles. The van der Waals surface area contributed by atoms with Gasteiger partial charge in [0.25, 0.3) is 0 Å². The number of fused-ring (bicyclic) bond motifs is 1. The second-order valence-electron chi connectivity index (χ2n) is 7.31. The van der Waals surface area contributed by atoms with E-state index in [-0.39, 0.29) is 23.7 Å². The first-order chi connectivity index (χ1) is 16.2. The standard InChI is InChI=1S/C22H19F2N5O4S/c1-3-6-34(31,32)29-19-17(23)5-4-14(18(19)24)20(30)16-11-26-21-15(16)7-12(8-25-21)13-9-27-22(33-2)28-10-13/h4-5,7-11,29H,3,6H2,1-2H3,(H,25,26). The summed E-state index contributed by atoms with van der Waals surface area (Å²) in [4.78, 5) is 28.4. The number of benzene rings is 1. The largest absolute Gasteiger partial charge is 0.467 e. The second kappa shape index (κ2) is 9.14. The molecule has 0 fully saturated rings. The van der Waals surface area contributed by atoms with E-state index >= 15 is 4.39 Å². The number of anilines is 1. The molecule has 4 aromatic rings. The molecule has 34 heavy (non-hydrogen) atoms. The van der Waals surface area contributed by atoms with Crippen molar-refractivity contribution in [2.24, 2.45) is 0 Å². The van der Waals surface area contributed by atoms with Crippen molar-refractivity contribution in [2.45, 2.75) is 13.3 Å². The molecular formula is C22H19F2N5O4S. The Hall–Kier alpha value is -3.93. The number of H-pyrrole nitrogens is 1. The summed E-state index contributed by atoms with van der Waals surface area (Å²) in [6.45, 7) is 1.61. The van der Waals surface area contributed by atoms with Gasteiger partial charge in [0, 0.05) is 46.9 Å². The molecule has 4 rings (SSSR count). The summed E-state index contributed by atoms with van der Waals surface area (Å²) < 4.78 is 60.3. The average Bonchev–Trinajstić information content (AvgIpc) is 3.25. The van der Waals surface area contributed by atoms with Gasteiger partial charge in [-0.05, 0) is 24.6 Å². The van der Waals surface area contributed by atoms with Crippen molar-refractivity contribution in [3.05, 3.63) is 65.7 Å². The molecule has 3 heterocycles. The molecule has 0 radical (unpaired) electrons. The van der Waals surface area contributed by atoms with Gasteiger partial charge < -0.3 is 9.72 Å². The third kappa shape index (κ3) is 4.44. The Balaban J connectivity index is 1.75. The van der Waals surface area contributed by atoms with E-state index in [1.54, 1.807) is 19.2 Å². The van der Waals surface area contributed by atoms with E-state index < -0.39 is 38.7 Å². The number of carbonyl (C=O) groups is 1. The number of aromatic amines is 1. The maximum absolute atomic E-state index is 15.1. The van der Waals surface area contributed by atoms with Crippen LogP contribution < -0.4 is 9.46 Å². The molecule has 9 nitrogen and oxygen atoms in total. The minimum atomic E-state index is -3.98. The van der Waals surface area contributed by atoms with Gasteiger partial charge in [-0.2, -0.15) is 0 Å². The lowest BCUT2D eigenvalue weighted by Crippen LogP contribution is -2.19. The van der Waals surface area contributed by atoms with Gasteiger partial charge in [0.2, 0.25) is 10.0 Å². The number of hydrogen-bond donors (Lipinski definition) is 2. The Morgan fingerprint density at radius 3 is 2.47 bits per heavy atom. The summed E-state index contributed by atoms with van der Waals surface area (Å²) >= 11 is 0. The van der Waals surface area contributed by atoms with Crippen molar-refractivity contribution in [2.75, 3.05) is 17.6 Å². The highest BCUT2D eigenvalue weighted by atomic mass is 32.2. The fraction of sp³-hybridized carbons (Fsp3) is 0.182. The third-order valence-corrected chi connectivity index (χ3v) is 6.45. The third-order valence-electron chi connectivity index (χ3n) is 4.99. The topological polar surface area (TPSA) is 127 Å². The number of methoxy groups -OCH3 is 1. The Morgan fingerprint density at radius 2 is 1.79 bits per heavy atom. The zero-order valence-electron chi connectivity index (χ0n) is 18.1. The Kier molecular flexibility index (Phi) is 6.24. The van der Waals surface area contributed by atoms with Crippen molar-refractivity contribution in [1.29, 1.82) is 0 Å². The average molecular weight is 487 g/mol. The van der Waals surface area contributed by atoms with Crippen LogP contribution >= 0.6 is 0 Å². The molecule has 0 unspecified atom stereocenters. The van der Waals surface area contributed by atoms with Crippen LogP contribution in [0.3, 0.4) is 0 Å². The molecule has 2 N–H and O–H groups in total. The predicted octanol–water partition coefficient (Wildman–Crippen LogP) is 3.69. The Bertz CT molecular complexity index is 1490. The molecule has 0 amide bonds. The van der Waals surface area contributed by atoms with Crippen LogP contribution in [-0.2, 0) is 10.0 Å². The predicted molar refractivity (Wildman–Crippen MR) is 121 cm³/mol. The minimum absolute atomic E-state index is 0.0756. The molecule has 0 saturated heterocycles. The molecule has 0 aliphatic rings. The van der Waals surface area contributed by atoms with Gasteiger partial charge in [0.05, 0.1) is 18.4 Å². The number of nitrogens with zero attached hydrogens (tertiary/aromatic N) is 3. The van der Waals surface area contributed by atoms with E-state index in [0.717, 1.165) is 12.1 Å². The summed E-state index contributed by atoms with van der Waals surface area (Å²) in [7, 11) is -2.54. The number of carbonyl (C=O) groups excluding carboxylic acids is 1. The number of halogens is 2. The van der Waals surface area contributed by atoms with Crippen LogP contribution in [0, 0.1) is 11.6 Å². The van der Waals surface area contributed by atoms with Gasteiger partial charge in [-0.3, -0.25) is 9.52 Å². The number of hydrogen-bond acceptors (Lipinski definition) is 7. The quantitative estimate of drug-likeness (QED) is 0.363. The molecule has 12 heteroatoms. The van der Waals surface area contributed by atoms with E-state index in [1.165, 1.54) is 25.7 Å². The van der Waals surface area contributed by atoms with Crippen LogP contribution in [0.15, 0.2) is 43.0 Å². The maximum Gasteiger partial charge on any atom is 0.316 e. The number of pyridine rings is 1. The SMILES string of the molecule is CCCS(=O)(=O)Nc1c(F)ccc(C(=O)c2c[nH]c3ncc(-c4cnc(OC)nc4)cc23)c1F. The molecule has 3 aromatic heterocycles. The van der Waals surface area contributed by atoms with Gasteiger partial charge in [0.15, 0.2) is 11.6 Å². The maximum atomic E-state index is 15.1. The first-order valence-corrected chi connectivity index (χ1v) is 11.8. The molecule has 0 spiro atoms. The Labute approximate surface area is 193 Å². The lowest BCUT2D eigenvalue weighted by molar-refractivity contribution is 0.103. The first kappa shape index (κ1) is 23.2. The molecular weight excluding hydrogens is 468 g/mol. The summed E-state index contributed by atoms with van der Waals surface area (Å²) in [6, 6.07) is 3.65. The molecule has 0 aliphatic heterocycles. The smallest absolute Gasteiger partial charge is 0.316 e. The molecule has 0 atom stereocenters. The lowest BCUT2D eigenvalue weighted by atomic mass is 10.0. The monoisotopic (exact) mass is 487 g/mol. The fourth-order valence-corrected chi connectivity index (χ4v) is 4.50. The van der Waals surface area contributed by atoms with Crippen LogP contribution in [-0.4, -0.2) is 47.0 Å². The van der Waals surface area contributed by atoms with Crippen molar-refractivity contribution in [1.82, 2.24) is 19.9 Å². The van der Waals surface area contributed by atoms with Crippen LogP contribution in [0.5, 0.6) is 6.01 Å². The lowest BCUT2D eigenvalue weighted by Gasteiger charge is -2.11. The van der Waals surface area contributed by atoms with E-state index in [1.807, 2.05) is 4.72 Å². The summed E-state index contributed by atoms with van der Waals surface area (Å²) in [5.74, 6) is -3.52. The van der Waals surface area contributed by atoms with E-state index in [9.17, 15) is 17.6 Å². The number of nitrogens with one attached hydrogen (secondary N) is 2. The highest BCUT2D eigenvalue weighted by Crippen LogP contribution is 2.29. The molecule has 0 bridgehead atoms. The zero-order chi connectivity index (χ0) is 24.5. The first-order valence-electron chi connectivity index (χ1n) is 10.1. The highest BCUT2D eigenvalue weighted by molar-refractivity contribution is 7.92. The van der Waals surface area contributed by atoms with Gasteiger partial charge >= 0.3 is 6.01 Å². The van der Waals surface area contributed by atoms with Crippen LogP contribution in [0.1, 0.15) is 29.3 Å². The van der Waals surface area contributed by atoms with Crippen molar-refractivity contribution >= 4 is 32.5 Å².